The molecule has 0 bridgehead atoms. The van der Waals surface area contributed by atoms with Crippen LogP contribution in [0.25, 0.3) is 0 Å². The zero-order chi connectivity index (χ0) is 11.4. The van der Waals surface area contributed by atoms with Crippen molar-refractivity contribution >= 4 is 17.9 Å². The Kier molecular flexibility index (Phi) is 47.0. The second-order valence-electron chi connectivity index (χ2n) is 1.64. The first-order valence-electron chi connectivity index (χ1n) is 3.04. The van der Waals surface area contributed by atoms with Crippen LogP contribution >= 0.6 is 0 Å². The van der Waals surface area contributed by atoms with Crippen molar-refractivity contribution in [1.82, 2.24) is 0 Å². The van der Waals surface area contributed by atoms with Gasteiger partial charge in [0.1, 0.15) is 0 Å². The zero-order valence-corrected chi connectivity index (χ0v) is 13.4. The topological polar surface area (TPSA) is 138 Å². The molecule has 7 nitrogen and oxygen atoms in total. The summed E-state index contributed by atoms with van der Waals surface area (Å²) in [5.41, 5.74) is 4.57. The quantitative estimate of drug-likeness (QED) is 0.336. The fourth-order valence-electron chi connectivity index (χ4n) is 0. The van der Waals surface area contributed by atoms with E-state index in [-0.39, 0.29) is 68.5 Å². The molecule has 0 aliphatic rings. The Labute approximate surface area is 135 Å². The Bertz CT molecular complexity index is 164. The molecule has 0 atom stereocenters. The number of rotatable bonds is 1. The largest absolute Gasteiger partial charge is 1.00 e. The minimum absolute atomic E-state index is 0. The molecule has 9 heteroatoms. The monoisotopic (exact) mass is 243 g/mol. The maximum absolute atomic E-state index is 9.24. The number of hydrogen-bond donors (Lipinski definition) is 4. The Morgan fingerprint density at radius 1 is 1.00 bits per heavy atom. The Hall–Kier alpha value is 0.370. The van der Waals surface area contributed by atoms with Gasteiger partial charge in [-0.2, -0.15) is 0 Å². The van der Waals surface area contributed by atoms with Crippen LogP contribution < -0.4 is 64.8 Å². The summed E-state index contributed by atoms with van der Waals surface area (Å²) in [6.07, 6.45) is 0. The molecule has 0 aliphatic heterocycles. The standard InChI is InChI=1S/C2H5NO2.2C2H4O2.2Na.2H/c3-1-2(4)5;2*1-2(3)4;;;;/h1,3H2,(H,4,5);2*1H3,(H,3,4);;;;/q;;;2*+1;2*-1. The van der Waals surface area contributed by atoms with Gasteiger partial charge in [0.2, 0.25) is 0 Å². The fraction of sp³-hybridized carbons (Fsp3) is 0.500. The van der Waals surface area contributed by atoms with Gasteiger partial charge in [0, 0.05) is 13.8 Å². The van der Waals surface area contributed by atoms with Crippen molar-refractivity contribution in [2.45, 2.75) is 13.8 Å². The van der Waals surface area contributed by atoms with E-state index in [0.717, 1.165) is 13.8 Å². The van der Waals surface area contributed by atoms with E-state index in [9.17, 15) is 4.79 Å². The van der Waals surface area contributed by atoms with Crippen molar-refractivity contribution in [2.24, 2.45) is 5.73 Å². The van der Waals surface area contributed by atoms with Crippen LogP contribution in [0.3, 0.4) is 0 Å². The number of carboxylic acid groups (broad SMARTS) is 3. The average molecular weight is 243 g/mol. The van der Waals surface area contributed by atoms with Gasteiger partial charge in [-0.15, -0.1) is 0 Å². The first-order valence-corrected chi connectivity index (χ1v) is 3.04. The maximum Gasteiger partial charge on any atom is 1.00 e. The predicted molar refractivity (Wildman–Crippen MR) is 45.5 cm³/mol. The van der Waals surface area contributed by atoms with E-state index < -0.39 is 17.9 Å². The van der Waals surface area contributed by atoms with Gasteiger partial charge in [-0.05, 0) is 0 Å². The van der Waals surface area contributed by atoms with E-state index in [4.69, 9.17) is 24.9 Å². The SMILES string of the molecule is CC(=O)O.CC(=O)O.NCC(=O)O.[H-].[H-].[Na+].[Na+]. The molecule has 0 amide bonds. The summed E-state index contributed by atoms with van der Waals surface area (Å²) < 4.78 is 0. The van der Waals surface area contributed by atoms with Crippen LogP contribution in [-0.4, -0.2) is 39.8 Å². The van der Waals surface area contributed by atoms with Crippen molar-refractivity contribution in [2.75, 3.05) is 6.54 Å². The molecule has 0 heterocycles. The second-order valence-corrected chi connectivity index (χ2v) is 1.64. The molecule has 82 valence electrons. The third-order valence-corrected chi connectivity index (χ3v) is 0.175. The summed E-state index contributed by atoms with van der Waals surface area (Å²) in [5.74, 6) is -2.63. The van der Waals surface area contributed by atoms with E-state index in [1.807, 2.05) is 0 Å². The Morgan fingerprint density at radius 2 is 1.07 bits per heavy atom. The van der Waals surface area contributed by atoms with Gasteiger partial charge in [0.15, 0.2) is 0 Å². The van der Waals surface area contributed by atoms with Crippen molar-refractivity contribution < 1.29 is 91.7 Å². The normalized spacial score (nSPS) is 5.80. The predicted octanol–water partition coefficient (Wildman–Crippen LogP) is -6.56. The number of aliphatic carboxylic acids is 3. The van der Waals surface area contributed by atoms with Crippen molar-refractivity contribution in [3.63, 3.8) is 0 Å². The Balaban J connectivity index is -0.0000000159. The molecule has 15 heavy (non-hydrogen) atoms. The molecule has 5 N–H and O–H groups in total. The smallest absolute Gasteiger partial charge is 1.00 e. The van der Waals surface area contributed by atoms with Crippen LogP contribution in [0.1, 0.15) is 16.7 Å². The van der Waals surface area contributed by atoms with Gasteiger partial charge in [-0.1, -0.05) is 0 Å². The summed E-state index contributed by atoms with van der Waals surface area (Å²) in [6.45, 7) is 1.89. The molecule has 0 fully saturated rings. The number of carbonyl (C=O) groups is 3. The molecule has 0 spiro atoms. The number of nitrogens with two attached hydrogens (primary N) is 1. The molecule has 0 aromatic heterocycles. The van der Waals surface area contributed by atoms with E-state index >= 15 is 0 Å². The molecule has 0 saturated heterocycles. The van der Waals surface area contributed by atoms with Crippen molar-refractivity contribution in [3.05, 3.63) is 0 Å². The molecule has 0 aromatic rings. The first kappa shape index (κ1) is 29.5. The summed E-state index contributed by atoms with van der Waals surface area (Å²) in [5, 5.41) is 22.4. The summed E-state index contributed by atoms with van der Waals surface area (Å²) in [7, 11) is 0. The van der Waals surface area contributed by atoms with Crippen LogP contribution in [-0.2, 0) is 14.4 Å². The van der Waals surface area contributed by atoms with Crippen LogP contribution in [0, 0.1) is 0 Å². The first-order chi connectivity index (χ1) is 5.73. The van der Waals surface area contributed by atoms with E-state index in [1.54, 1.807) is 0 Å². The van der Waals surface area contributed by atoms with Gasteiger partial charge in [0.05, 0.1) is 6.54 Å². The average Bonchev–Trinajstić information content (AvgIpc) is 1.84. The number of carboxylic acids is 3. The summed E-state index contributed by atoms with van der Waals surface area (Å²) >= 11 is 0. The van der Waals surface area contributed by atoms with Gasteiger partial charge >= 0.3 is 65.1 Å². The van der Waals surface area contributed by atoms with Gasteiger partial charge < -0.3 is 23.9 Å². The van der Waals surface area contributed by atoms with Crippen LogP contribution in [0.4, 0.5) is 0 Å². The zero-order valence-electron chi connectivity index (χ0n) is 11.4. The number of hydrogen-bond acceptors (Lipinski definition) is 4. The molecular weight excluding hydrogens is 228 g/mol. The minimum atomic E-state index is -0.968. The minimum Gasteiger partial charge on any atom is -1.00 e. The molecule has 0 saturated carbocycles. The second kappa shape index (κ2) is 23.9. The van der Waals surface area contributed by atoms with E-state index in [0.29, 0.717) is 0 Å². The molecule has 0 aromatic carbocycles. The third kappa shape index (κ3) is 391. The molecule has 0 aliphatic carbocycles. The molecule has 0 rings (SSSR count). The van der Waals surface area contributed by atoms with Crippen molar-refractivity contribution in [1.29, 1.82) is 0 Å². The van der Waals surface area contributed by atoms with E-state index in [1.165, 1.54) is 0 Å². The maximum atomic E-state index is 9.24. The Morgan fingerprint density at radius 3 is 1.07 bits per heavy atom. The summed E-state index contributed by atoms with van der Waals surface area (Å²) in [4.78, 5) is 27.2. The van der Waals surface area contributed by atoms with Crippen LogP contribution in [0.15, 0.2) is 0 Å². The summed E-state index contributed by atoms with van der Waals surface area (Å²) in [6, 6.07) is 0. The van der Waals surface area contributed by atoms with Gasteiger partial charge in [-0.3, -0.25) is 14.4 Å². The van der Waals surface area contributed by atoms with E-state index in [2.05, 4.69) is 5.73 Å². The van der Waals surface area contributed by atoms with Crippen LogP contribution in [0.2, 0.25) is 0 Å². The molecule has 0 radical (unpaired) electrons. The van der Waals surface area contributed by atoms with Gasteiger partial charge in [0.25, 0.3) is 11.9 Å². The third-order valence-electron chi connectivity index (χ3n) is 0.175. The van der Waals surface area contributed by atoms with Gasteiger partial charge in [-0.25, -0.2) is 0 Å². The molecular formula is C6H15NNa2O6. The van der Waals surface area contributed by atoms with Crippen molar-refractivity contribution in [3.8, 4) is 0 Å². The fourth-order valence-corrected chi connectivity index (χ4v) is 0. The molecule has 0 unspecified atom stereocenters. The van der Waals surface area contributed by atoms with Crippen LogP contribution in [0.5, 0.6) is 0 Å².